The molecule has 0 bridgehead atoms. The summed E-state index contributed by atoms with van der Waals surface area (Å²) in [6, 6.07) is 2.32. The summed E-state index contributed by atoms with van der Waals surface area (Å²) in [4.78, 5) is 10.1. The van der Waals surface area contributed by atoms with Gasteiger partial charge in [-0.3, -0.25) is 0 Å². The van der Waals surface area contributed by atoms with Gasteiger partial charge in [-0.25, -0.2) is 22.0 Å². The zero-order chi connectivity index (χ0) is 15.8. The van der Waals surface area contributed by atoms with Crippen molar-refractivity contribution < 1.29 is 31.8 Å². The SMILES string of the molecule is CC1(OCC(=O)O)CN(S(=O)(=O)c2ccc(F)c(F)c2)C1. The van der Waals surface area contributed by atoms with Gasteiger partial charge in [-0.2, -0.15) is 4.31 Å². The van der Waals surface area contributed by atoms with Gasteiger partial charge in [0.2, 0.25) is 10.0 Å². The first kappa shape index (κ1) is 15.8. The van der Waals surface area contributed by atoms with E-state index >= 15 is 0 Å². The molecule has 1 aliphatic rings. The maximum absolute atomic E-state index is 13.1. The Balaban J connectivity index is 2.09. The quantitative estimate of drug-likeness (QED) is 0.868. The van der Waals surface area contributed by atoms with Crippen LogP contribution in [0.5, 0.6) is 0 Å². The summed E-state index contributed by atoms with van der Waals surface area (Å²) >= 11 is 0. The Kier molecular flexibility index (Phi) is 4.00. The summed E-state index contributed by atoms with van der Waals surface area (Å²) in [5.74, 6) is -3.54. The lowest BCUT2D eigenvalue weighted by Gasteiger charge is -2.46. The lowest BCUT2D eigenvalue weighted by molar-refractivity contribution is -0.157. The van der Waals surface area contributed by atoms with Crippen LogP contribution in [-0.4, -0.2) is 49.1 Å². The second-order valence-electron chi connectivity index (χ2n) is 4.98. The van der Waals surface area contributed by atoms with E-state index in [0.29, 0.717) is 6.07 Å². The molecule has 1 N–H and O–H groups in total. The van der Waals surface area contributed by atoms with E-state index in [1.165, 1.54) is 0 Å². The molecule has 116 valence electrons. The van der Waals surface area contributed by atoms with Crippen molar-refractivity contribution in [3.8, 4) is 0 Å². The average Bonchev–Trinajstić information content (AvgIpc) is 2.36. The van der Waals surface area contributed by atoms with E-state index in [1.54, 1.807) is 6.92 Å². The van der Waals surface area contributed by atoms with Crippen LogP contribution in [0, 0.1) is 11.6 Å². The maximum Gasteiger partial charge on any atom is 0.329 e. The Hall–Kier alpha value is -1.58. The van der Waals surface area contributed by atoms with Crippen molar-refractivity contribution in [1.82, 2.24) is 4.31 Å². The molecule has 0 spiro atoms. The van der Waals surface area contributed by atoms with Gasteiger partial charge in [-0.1, -0.05) is 0 Å². The monoisotopic (exact) mass is 321 g/mol. The van der Waals surface area contributed by atoms with E-state index in [0.717, 1.165) is 16.4 Å². The van der Waals surface area contributed by atoms with Crippen molar-refractivity contribution in [3.05, 3.63) is 29.8 Å². The van der Waals surface area contributed by atoms with Crippen LogP contribution in [0.2, 0.25) is 0 Å². The highest BCUT2D eigenvalue weighted by Gasteiger charge is 2.46. The summed E-state index contributed by atoms with van der Waals surface area (Å²) < 4.78 is 56.4. The molecule has 0 saturated carbocycles. The lowest BCUT2D eigenvalue weighted by Crippen LogP contribution is -2.63. The summed E-state index contributed by atoms with van der Waals surface area (Å²) in [5.41, 5.74) is -0.899. The molecule has 0 radical (unpaired) electrons. The van der Waals surface area contributed by atoms with Crippen LogP contribution >= 0.6 is 0 Å². The van der Waals surface area contributed by atoms with Gasteiger partial charge in [0.1, 0.15) is 6.61 Å². The molecular formula is C12H13F2NO5S. The normalized spacial score (nSPS) is 18.2. The summed E-state index contributed by atoms with van der Waals surface area (Å²) in [6.45, 7) is 0.936. The van der Waals surface area contributed by atoms with Crippen LogP contribution in [0.15, 0.2) is 23.1 Å². The number of benzene rings is 1. The van der Waals surface area contributed by atoms with Crippen LogP contribution in [0.1, 0.15) is 6.92 Å². The fraction of sp³-hybridized carbons (Fsp3) is 0.417. The zero-order valence-corrected chi connectivity index (χ0v) is 11.9. The Morgan fingerprint density at radius 2 is 2.00 bits per heavy atom. The topological polar surface area (TPSA) is 83.9 Å². The van der Waals surface area contributed by atoms with Gasteiger partial charge >= 0.3 is 5.97 Å². The highest BCUT2D eigenvalue weighted by molar-refractivity contribution is 7.89. The molecule has 1 aromatic carbocycles. The number of carbonyl (C=O) groups is 1. The molecule has 6 nitrogen and oxygen atoms in total. The molecule has 21 heavy (non-hydrogen) atoms. The summed E-state index contributed by atoms with van der Waals surface area (Å²) in [7, 11) is -3.95. The van der Waals surface area contributed by atoms with Crippen LogP contribution < -0.4 is 0 Å². The van der Waals surface area contributed by atoms with Gasteiger partial charge in [0.05, 0.1) is 10.5 Å². The summed E-state index contributed by atoms with van der Waals surface area (Å²) in [5, 5.41) is 8.52. The van der Waals surface area contributed by atoms with Crippen molar-refractivity contribution in [1.29, 1.82) is 0 Å². The second-order valence-corrected chi connectivity index (χ2v) is 6.92. The van der Waals surface area contributed by atoms with E-state index in [4.69, 9.17) is 9.84 Å². The van der Waals surface area contributed by atoms with E-state index in [2.05, 4.69) is 0 Å². The predicted octanol–water partition coefficient (Wildman–Crippen LogP) is 0.829. The number of ether oxygens (including phenoxy) is 1. The number of hydrogen-bond acceptors (Lipinski definition) is 4. The third-order valence-corrected chi connectivity index (χ3v) is 4.88. The highest BCUT2D eigenvalue weighted by atomic mass is 32.2. The first-order valence-electron chi connectivity index (χ1n) is 5.95. The van der Waals surface area contributed by atoms with Crippen molar-refractivity contribution in [2.75, 3.05) is 19.7 Å². The van der Waals surface area contributed by atoms with Crippen molar-refractivity contribution in [2.24, 2.45) is 0 Å². The number of carboxylic acids is 1. The number of aliphatic carboxylic acids is 1. The molecule has 0 amide bonds. The third kappa shape index (κ3) is 3.20. The molecular weight excluding hydrogens is 308 g/mol. The van der Waals surface area contributed by atoms with Gasteiger partial charge in [0.25, 0.3) is 0 Å². The van der Waals surface area contributed by atoms with Crippen molar-refractivity contribution >= 4 is 16.0 Å². The average molecular weight is 321 g/mol. The first-order chi connectivity index (χ1) is 9.64. The molecule has 1 heterocycles. The van der Waals surface area contributed by atoms with Crippen LogP contribution in [0.25, 0.3) is 0 Å². The number of rotatable bonds is 5. The van der Waals surface area contributed by atoms with Crippen molar-refractivity contribution in [2.45, 2.75) is 17.4 Å². The minimum absolute atomic E-state index is 0.0540. The molecule has 1 fully saturated rings. The third-order valence-electron chi connectivity index (χ3n) is 3.09. The molecule has 2 rings (SSSR count). The Morgan fingerprint density at radius 1 is 1.38 bits per heavy atom. The highest BCUT2D eigenvalue weighted by Crippen LogP contribution is 2.31. The zero-order valence-electron chi connectivity index (χ0n) is 11.0. The molecule has 0 aromatic heterocycles. The predicted molar refractivity (Wildman–Crippen MR) is 67.1 cm³/mol. The maximum atomic E-state index is 13.1. The van der Waals surface area contributed by atoms with Crippen LogP contribution in [0.4, 0.5) is 8.78 Å². The van der Waals surface area contributed by atoms with Gasteiger partial charge in [0.15, 0.2) is 11.6 Å². The number of carboxylic acid groups (broad SMARTS) is 1. The number of nitrogens with zero attached hydrogens (tertiary/aromatic N) is 1. The molecule has 1 saturated heterocycles. The minimum Gasteiger partial charge on any atom is -0.480 e. The second kappa shape index (κ2) is 5.32. The Morgan fingerprint density at radius 3 is 2.52 bits per heavy atom. The van der Waals surface area contributed by atoms with E-state index < -0.39 is 39.8 Å². The molecule has 0 unspecified atom stereocenters. The van der Waals surface area contributed by atoms with E-state index in [1.807, 2.05) is 0 Å². The Labute approximate surface area is 120 Å². The van der Waals surface area contributed by atoms with Gasteiger partial charge < -0.3 is 9.84 Å². The van der Waals surface area contributed by atoms with Gasteiger partial charge in [0, 0.05) is 13.1 Å². The lowest BCUT2D eigenvalue weighted by atomic mass is 10.0. The van der Waals surface area contributed by atoms with Crippen molar-refractivity contribution in [3.63, 3.8) is 0 Å². The first-order valence-corrected chi connectivity index (χ1v) is 7.39. The largest absolute Gasteiger partial charge is 0.480 e. The smallest absolute Gasteiger partial charge is 0.329 e. The van der Waals surface area contributed by atoms with Gasteiger partial charge in [-0.05, 0) is 25.1 Å². The molecule has 0 aliphatic carbocycles. The van der Waals surface area contributed by atoms with Crippen LogP contribution in [0.3, 0.4) is 0 Å². The Bertz CT molecular complexity index is 670. The number of hydrogen-bond donors (Lipinski definition) is 1. The number of halogens is 2. The summed E-state index contributed by atoms with van der Waals surface area (Å²) in [6.07, 6.45) is 0. The van der Waals surface area contributed by atoms with E-state index in [-0.39, 0.29) is 18.0 Å². The minimum atomic E-state index is -3.95. The molecule has 9 heteroatoms. The molecule has 1 aliphatic heterocycles. The standard InChI is InChI=1S/C12H13F2NO5S/c1-12(20-5-11(16)17)6-15(7-12)21(18,19)8-2-3-9(13)10(14)4-8/h2-4H,5-7H2,1H3,(H,16,17). The molecule has 0 atom stereocenters. The fourth-order valence-electron chi connectivity index (χ4n) is 1.98. The molecule has 1 aromatic rings. The van der Waals surface area contributed by atoms with E-state index in [9.17, 15) is 22.0 Å². The van der Waals surface area contributed by atoms with Crippen LogP contribution in [-0.2, 0) is 19.6 Å². The fourth-order valence-corrected chi connectivity index (χ4v) is 3.66. The number of sulfonamides is 1. The van der Waals surface area contributed by atoms with Gasteiger partial charge in [-0.15, -0.1) is 0 Å².